The fourth-order valence-electron chi connectivity index (χ4n) is 1.16. The highest BCUT2D eigenvalue weighted by Gasteiger charge is 2.13. The second-order valence-electron chi connectivity index (χ2n) is 3.52. The van der Waals surface area contributed by atoms with Crippen LogP contribution in [0.5, 0.6) is 0 Å². The number of carbonyl (C=O) groups is 1. The van der Waals surface area contributed by atoms with E-state index in [0.717, 1.165) is 5.56 Å². The number of hydrogen-bond donors (Lipinski definition) is 1. The van der Waals surface area contributed by atoms with Crippen LogP contribution in [0.2, 0.25) is 10.0 Å². The molecule has 1 unspecified atom stereocenters. The summed E-state index contributed by atoms with van der Waals surface area (Å²) in [6, 6.07) is 5.13. The Hall–Kier alpha value is -0.570. The van der Waals surface area contributed by atoms with Gasteiger partial charge in [0.2, 0.25) is 0 Å². The van der Waals surface area contributed by atoms with Gasteiger partial charge in [-0.25, -0.2) is 0 Å². The third-order valence-corrected chi connectivity index (χ3v) is 2.87. The van der Waals surface area contributed by atoms with Gasteiger partial charge in [-0.3, -0.25) is 4.79 Å². The maximum absolute atomic E-state index is 11.6. The zero-order valence-corrected chi connectivity index (χ0v) is 9.98. The van der Waals surface area contributed by atoms with Gasteiger partial charge in [-0.1, -0.05) is 36.2 Å². The van der Waals surface area contributed by atoms with Crippen LogP contribution in [0.15, 0.2) is 18.2 Å². The van der Waals surface area contributed by atoms with E-state index < -0.39 is 0 Å². The molecule has 15 heavy (non-hydrogen) atoms. The van der Waals surface area contributed by atoms with Gasteiger partial charge in [0.1, 0.15) is 5.78 Å². The molecule has 0 saturated carbocycles. The van der Waals surface area contributed by atoms with Crippen LogP contribution < -0.4 is 5.73 Å². The zero-order chi connectivity index (χ0) is 11.4. The van der Waals surface area contributed by atoms with Crippen molar-refractivity contribution in [2.75, 3.05) is 6.54 Å². The van der Waals surface area contributed by atoms with Gasteiger partial charge in [0.25, 0.3) is 0 Å². The third-order valence-electron chi connectivity index (χ3n) is 2.28. The zero-order valence-electron chi connectivity index (χ0n) is 8.47. The molecule has 0 amide bonds. The Morgan fingerprint density at radius 1 is 1.47 bits per heavy atom. The monoisotopic (exact) mass is 245 g/mol. The van der Waals surface area contributed by atoms with Crippen LogP contribution in [0.1, 0.15) is 12.5 Å². The van der Waals surface area contributed by atoms with Crippen molar-refractivity contribution in [3.05, 3.63) is 33.8 Å². The summed E-state index contributed by atoms with van der Waals surface area (Å²) in [5.74, 6) is -0.0292. The summed E-state index contributed by atoms with van der Waals surface area (Å²) in [6.45, 7) is 2.18. The minimum absolute atomic E-state index is 0.0988. The van der Waals surface area contributed by atoms with Crippen molar-refractivity contribution in [3.8, 4) is 0 Å². The van der Waals surface area contributed by atoms with Crippen molar-refractivity contribution >= 4 is 29.0 Å². The smallest absolute Gasteiger partial charge is 0.141 e. The highest BCUT2D eigenvalue weighted by atomic mass is 35.5. The SMILES string of the molecule is CC(CN)C(=O)Cc1ccc(Cl)cc1Cl. The molecule has 0 heterocycles. The third kappa shape index (κ3) is 3.49. The summed E-state index contributed by atoms with van der Waals surface area (Å²) < 4.78 is 0. The normalized spacial score (nSPS) is 12.5. The van der Waals surface area contributed by atoms with Gasteiger partial charge in [0.05, 0.1) is 0 Å². The van der Waals surface area contributed by atoms with E-state index in [1.807, 2.05) is 6.92 Å². The second-order valence-corrected chi connectivity index (χ2v) is 4.36. The molecule has 82 valence electrons. The van der Waals surface area contributed by atoms with E-state index in [0.29, 0.717) is 23.0 Å². The van der Waals surface area contributed by atoms with Gasteiger partial charge in [-0.15, -0.1) is 0 Å². The Kier molecular flexibility index (Phi) is 4.58. The number of halogens is 2. The fraction of sp³-hybridized carbons (Fsp3) is 0.364. The molecule has 4 heteroatoms. The van der Waals surface area contributed by atoms with E-state index in [4.69, 9.17) is 28.9 Å². The van der Waals surface area contributed by atoms with Gasteiger partial charge in [-0.05, 0) is 17.7 Å². The molecule has 2 nitrogen and oxygen atoms in total. The lowest BCUT2D eigenvalue weighted by Crippen LogP contribution is -2.22. The molecule has 1 aromatic rings. The van der Waals surface area contributed by atoms with E-state index in [9.17, 15) is 4.79 Å². The van der Waals surface area contributed by atoms with Gasteiger partial charge in [0.15, 0.2) is 0 Å². The van der Waals surface area contributed by atoms with Crippen molar-refractivity contribution in [3.63, 3.8) is 0 Å². The van der Waals surface area contributed by atoms with E-state index in [1.54, 1.807) is 18.2 Å². The molecule has 0 aromatic heterocycles. The Balaban J connectivity index is 2.77. The maximum Gasteiger partial charge on any atom is 0.141 e. The molecular weight excluding hydrogens is 233 g/mol. The van der Waals surface area contributed by atoms with Gasteiger partial charge >= 0.3 is 0 Å². The Bertz CT molecular complexity index is 366. The summed E-state index contributed by atoms with van der Waals surface area (Å²) in [7, 11) is 0. The molecule has 1 atom stereocenters. The first-order valence-corrected chi connectivity index (χ1v) is 5.47. The van der Waals surface area contributed by atoms with Gasteiger partial charge in [0, 0.05) is 28.9 Å². The van der Waals surface area contributed by atoms with E-state index >= 15 is 0 Å². The molecule has 0 aliphatic rings. The van der Waals surface area contributed by atoms with E-state index in [2.05, 4.69) is 0 Å². The maximum atomic E-state index is 11.6. The molecular formula is C11H13Cl2NO. The molecule has 2 N–H and O–H groups in total. The van der Waals surface area contributed by atoms with E-state index in [-0.39, 0.29) is 11.7 Å². The molecule has 1 aromatic carbocycles. The molecule has 1 rings (SSSR count). The largest absolute Gasteiger partial charge is 0.330 e. The van der Waals surface area contributed by atoms with Gasteiger partial charge < -0.3 is 5.73 Å². The Morgan fingerprint density at radius 3 is 2.67 bits per heavy atom. The van der Waals surface area contributed by atoms with Crippen LogP contribution in [0.3, 0.4) is 0 Å². The summed E-state index contributed by atoms with van der Waals surface area (Å²) in [4.78, 5) is 11.6. The number of hydrogen-bond acceptors (Lipinski definition) is 2. The lowest BCUT2D eigenvalue weighted by atomic mass is 10.00. The topological polar surface area (TPSA) is 43.1 Å². The average molecular weight is 246 g/mol. The summed E-state index contributed by atoms with van der Waals surface area (Å²) in [5, 5.41) is 1.10. The predicted octanol–water partition coefficient (Wildman–Crippen LogP) is 2.70. The minimum atomic E-state index is -0.128. The number of carbonyl (C=O) groups excluding carboxylic acids is 1. The van der Waals surface area contributed by atoms with Crippen molar-refractivity contribution in [2.45, 2.75) is 13.3 Å². The highest BCUT2D eigenvalue weighted by Crippen LogP contribution is 2.22. The fourth-order valence-corrected chi connectivity index (χ4v) is 1.63. The molecule has 0 aliphatic carbocycles. The number of rotatable bonds is 4. The van der Waals surface area contributed by atoms with Crippen LogP contribution in [0, 0.1) is 5.92 Å². The summed E-state index contributed by atoms with van der Waals surface area (Å²) in [6.07, 6.45) is 0.314. The number of nitrogens with two attached hydrogens (primary N) is 1. The minimum Gasteiger partial charge on any atom is -0.330 e. The number of Topliss-reactive ketones (excluding diaryl/α,β-unsaturated/α-hetero) is 1. The quantitative estimate of drug-likeness (QED) is 0.887. The summed E-state index contributed by atoms with van der Waals surface area (Å²) in [5.41, 5.74) is 6.21. The lowest BCUT2D eigenvalue weighted by molar-refractivity contribution is -0.121. The van der Waals surface area contributed by atoms with Crippen LogP contribution in [0.4, 0.5) is 0 Å². The van der Waals surface area contributed by atoms with E-state index in [1.165, 1.54) is 0 Å². The van der Waals surface area contributed by atoms with Crippen molar-refractivity contribution < 1.29 is 4.79 Å². The molecule has 0 spiro atoms. The standard InChI is InChI=1S/C11H13Cl2NO/c1-7(6-14)11(15)4-8-2-3-9(12)5-10(8)13/h2-3,5,7H,4,6,14H2,1H3. The van der Waals surface area contributed by atoms with Gasteiger partial charge in [-0.2, -0.15) is 0 Å². The first-order valence-electron chi connectivity index (χ1n) is 4.71. The molecule has 0 radical (unpaired) electrons. The number of ketones is 1. The second kappa shape index (κ2) is 5.50. The first-order chi connectivity index (χ1) is 7.04. The van der Waals surface area contributed by atoms with Crippen LogP contribution in [-0.2, 0) is 11.2 Å². The van der Waals surface area contributed by atoms with Crippen molar-refractivity contribution in [2.24, 2.45) is 11.7 Å². The average Bonchev–Trinajstić information content (AvgIpc) is 2.20. The first kappa shape index (κ1) is 12.5. The van der Waals surface area contributed by atoms with Crippen molar-refractivity contribution in [1.82, 2.24) is 0 Å². The Labute approximate surface area is 99.4 Å². The molecule has 0 bridgehead atoms. The lowest BCUT2D eigenvalue weighted by Gasteiger charge is -2.08. The number of benzene rings is 1. The highest BCUT2D eigenvalue weighted by molar-refractivity contribution is 6.35. The summed E-state index contributed by atoms with van der Waals surface area (Å²) >= 11 is 11.7. The van der Waals surface area contributed by atoms with Crippen LogP contribution in [0.25, 0.3) is 0 Å². The van der Waals surface area contributed by atoms with Crippen molar-refractivity contribution in [1.29, 1.82) is 0 Å². The molecule has 0 saturated heterocycles. The Morgan fingerprint density at radius 2 is 2.13 bits per heavy atom. The molecule has 0 fully saturated rings. The van der Waals surface area contributed by atoms with Crippen LogP contribution >= 0.6 is 23.2 Å². The van der Waals surface area contributed by atoms with Crippen LogP contribution in [-0.4, -0.2) is 12.3 Å². The predicted molar refractivity (Wildman–Crippen MR) is 63.4 cm³/mol. The molecule has 0 aliphatic heterocycles.